The number of ether oxygens (including phenoxy) is 1. The lowest BCUT2D eigenvalue weighted by Crippen LogP contribution is -2.88. The number of halogens is 16. The maximum Gasteiger partial charge on any atom is 0.530 e. The van der Waals surface area contributed by atoms with Crippen molar-refractivity contribution >= 4 is 10.2 Å². The van der Waals surface area contributed by atoms with Crippen LogP contribution < -0.4 is 0 Å². The SMILES string of the molecule is O=S(=O)(F)C(F)(F)C(F)(F)C(F)(F)[N+]1(F)C(F)(F)C(F)(F)OC(F)(F)C1(F)F. The molecule has 1 aliphatic rings. The molecule has 0 unspecified atom stereocenters. The Bertz CT molecular complexity index is 732. The zero-order chi connectivity index (χ0) is 23.2. The molecule has 0 aliphatic carbocycles. The van der Waals surface area contributed by atoms with Gasteiger partial charge in [-0.25, -0.2) is 4.74 Å². The third kappa shape index (κ3) is 2.37. The Kier molecular flexibility index (Phi) is 4.83. The molecule has 4 nitrogen and oxygen atoms in total. The van der Waals surface area contributed by atoms with Crippen LogP contribution in [-0.2, 0) is 15.0 Å². The van der Waals surface area contributed by atoms with E-state index in [0.29, 0.717) is 0 Å². The number of nitrogens with zero attached hydrogens (tertiary/aromatic N) is 1. The minimum atomic E-state index is -8.85. The fourth-order valence-corrected chi connectivity index (χ4v) is 2.12. The van der Waals surface area contributed by atoms with E-state index in [1.807, 2.05) is 0 Å². The van der Waals surface area contributed by atoms with Gasteiger partial charge in [0.1, 0.15) is 0 Å². The van der Waals surface area contributed by atoms with Gasteiger partial charge in [-0.05, 0) is 0 Å². The third-order valence-corrected chi connectivity index (χ3v) is 4.04. The van der Waals surface area contributed by atoms with Crippen LogP contribution in [0.25, 0.3) is 0 Å². The number of hydrogen-bond acceptors (Lipinski definition) is 3. The summed E-state index contributed by atoms with van der Waals surface area (Å²) < 4.78 is 222. The van der Waals surface area contributed by atoms with Crippen molar-refractivity contribution in [1.82, 2.24) is 0 Å². The highest BCUT2D eigenvalue weighted by atomic mass is 32.3. The minimum absolute atomic E-state index is 1.47. The average molecular weight is 482 g/mol. The maximum absolute atomic E-state index is 13.8. The Morgan fingerprint density at radius 2 is 1.00 bits per heavy atom. The van der Waals surface area contributed by atoms with Crippen LogP contribution in [-0.4, -0.2) is 54.7 Å². The van der Waals surface area contributed by atoms with Crippen molar-refractivity contribution in [3.63, 3.8) is 0 Å². The van der Waals surface area contributed by atoms with Crippen LogP contribution >= 0.6 is 0 Å². The van der Waals surface area contributed by atoms with Crippen LogP contribution in [0.4, 0.5) is 69.8 Å². The van der Waals surface area contributed by atoms with Crippen molar-refractivity contribution in [2.75, 3.05) is 0 Å². The van der Waals surface area contributed by atoms with Gasteiger partial charge in [-0.15, -0.1) is 26.3 Å². The maximum atomic E-state index is 13.8. The molecule has 0 aromatic heterocycles. The van der Waals surface area contributed by atoms with E-state index in [1.165, 1.54) is 4.74 Å². The van der Waals surface area contributed by atoms with Crippen molar-refractivity contribution in [2.45, 2.75) is 41.5 Å². The standard InChI is InChI=1S/C7F16NO3S/c8-1(9,7(20,21)28(23,25)26)2(10,11)24(22)3(12,13)5(16,17)27-6(18,19)4(24,14)15/q+1. The molecule has 1 aliphatic heterocycles. The van der Waals surface area contributed by atoms with Crippen LogP contribution in [0.3, 0.4) is 0 Å². The Labute approximate surface area is 141 Å². The van der Waals surface area contributed by atoms with Gasteiger partial charge in [0.25, 0.3) is 0 Å². The molecule has 0 radical (unpaired) electrons. The summed E-state index contributed by atoms with van der Waals surface area (Å²) in [5, 5.41) is -8.05. The van der Waals surface area contributed by atoms with Gasteiger partial charge in [0.15, 0.2) is 0 Å². The summed E-state index contributed by atoms with van der Waals surface area (Å²) in [5.41, 5.74) is 0. The van der Waals surface area contributed by atoms with Crippen LogP contribution in [0.1, 0.15) is 0 Å². The fourth-order valence-electron chi connectivity index (χ4n) is 1.69. The Morgan fingerprint density at radius 1 is 0.714 bits per heavy atom. The first-order valence-corrected chi connectivity index (χ1v) is 6.97. The van der Waals surface area contributed by atoms with Crippen LogP contribution in [0.5, 0.6) is 0 Å². The van der Waals surface area contributed by atoms with Gasteiger partial charge in [0.05, 0.1) is 4.71 Å². The molecule has 0 saturated carbocycles. The van der Waals surface area contributed by atoms with E-state index in [1.54, 1.807) is 0 Å². The summed E-state index contributed by atoms with van der Waals surface area (Å²) in [6.45, 7) is 0. The van der Waals surface area contributed by atoms with Gasteiger partial charge < -0.3 is 0 Å². The molecular weight excluding hydrogens is 482 g/mol. The van der Waals surface area contributed by atoms with Gasteiger partial charge >= 0.3 is 51.8 Å². The highest BCUT2D eigenvalue weighted by Crippen LogP contribution is 2.68. The van der Waals surface area contributed by atoms with Gasteiger partial charge in [-0.1, -0.05) is 3.89 Å². The van der Waals surface area contributed by atoms with E-state index < -0.39 is 56.5 Å². The normalized spacial score (nSPS) is 26.7. The molecule has 1 saturated heterocycles. The quantitative estimate of drug-likeness (QED) is 0.261. The summed E-state index contributed by atoms with van der Waals surface area (Å²) in [7, 11) is -8.38. The van der Waals surface area contributed by atoms with E-state index in [4.69, 9.17) is 0 Å². The minimum Gasteiger partial charge on any atom is -0.234 e. The average Bonchev–Trinajstić information content (AvgIpc) is 2.41. The summed E-state index contributed by atoms with van der Waals surface area (Å²) in [6, 6.07) is -25.2. The fraction of sp³-hybridized carbons (Fsp3) is 1.00. The molecule has 1 heterocycles. The van der Waals surface area contributed by atoms with Crippen molar-refractivity contribution in [1.29, 1.82) is 0 Å². The Hall–Kier alpha value is -1.25. The van der Waals surface area contributed by atoms with Crippen molar-refractivity contribution in [2.24, 2.45) is 0 Å². The van der Waals surface area contributed by atoms with Gasteiger partial charge in [0.2, 0.25) is 0 Å². The monoisotopic (exact) mass is 482 g/mol. The zero-order valence-electron chi connectivity index (χ0n) is 11.6. The van der Waals surface area contributed by atoms with E-state index in [2.05, 4.69) is 0 Å². The van der Waals surface area contributed by atoms with Crippen LogP contribution in [0, 0.1) is 0 Å². The van der Waals surface area contributed by atoms with Gasteiger partial charge in [-0.3, -0.25) is 0 Å². The molecular formula is C7F16NO3S+. The van der Waals surface area contributed by atoms with E-state index in [9.17, 15) is 78.3 Å². The summed E-state index contributed by atoms with van der Waals surface area (Å²) >= 11 is 0. The zero-order valence-corrected chi connectivity index (χ0v) is 12.4. The van der Waals surface area contributed by atoms with E-state index in [0.717, 1.165) is 0 Å². The lowest BCUT2D eigenvalue weighted by molar-refractivity contribution is -1.26. The number of alkyl halides is 14. The van der Waals surface area contributed by atoms with E-state index in [-0.39, 0.29) is 0 Å². The molecule has 28 heavy (non-hydrogen) atoms. The van der Waals surface area contributed by atoms with Crippen molar-refractivity contribution < 1.29 is 87.7 Å². The lowest BCUT2D eigenvalue weighted by Gasteiger charge is -2.49. The predicted octanol–water partition coefficient (Wildman–Crippen LogP) is 4.21. The first-order valence-electron chi connectivity index (χ1n) is 5.59. The molecule has 0 N–H and O–H groups in total. The van der Waals surface area contributed by atoms with E-state index >= 15 is 0 Å². The van der Waals surface area contributed by atoms with Crippen molar-refractivity contribution in [3.8, 4) is 0 Å². The number of rotatable bonds is 4. The number of quaternary nitrogens is 1. The number of morpholine rings is 1. The smallest absolute Gasteiger partial charge is 0.234 e. The van der Waals surface area contributed by atoms with Gasteiger partial charge in [-0.2, -0.15) is 43.5 Å². The molecule has 0 aromatic rings. The highest BCUT2D eigenvalue weighted by molar-refractivity contribution is 7.87. The second-order valence-electron chi connectivity index (χ2n) is 4.88. The Balaban J connectivity index is 4.04. The third-order valence-electron chi connectivity index (χ3n) is 3.17. The summed E-state index contributed by atoms with van der Waals surface area (Å²) in [4.78, 5) is 0. The largest absolute Gasteiger partial charge is 0.530 e. The van der Waals surface area contributed by atoms with Crippen molar-refractivity contribution in [3.05, 3.63) is 0 Å². The number of hydrogen-bond donors (Lipinski definition) is 0. The predicted molar refractivity (Wildman–Crippen MR) is 47.1 cm³/mol. The second-order valence-corrected chi connectivity index (χ2v) is 6.27. The first kappa shape index (κ1) is 24.8. The van der Waals surface area contributed by atoms with Crippen LogP contribution in [0.2, 0.25) is 0 Å². The molecule has 1 fully saturated rings. The lowest BCUT2D eigenvalue weighted by atomic mass is 10.1. The highest BCUT2D eigenvalue weighted by Gasteiger charge is 3.06. The first-order chi connectivity index (χ1) is 11.7. The molecule has 0 atom stereocenters. The molecule has 21 heteroatoms. The summed E-state index contributed by atoms with van der Waals surface area (Å²) in [5.74, 6) is -8.57. The Morgan fingerprint density at radius 3 is 1.25 bits per heavy atom. The van der Waals surface area contributed by atoms with Gasteiger partial charge in [0, 0.05) is 4.48 Å². The van der Waals surface area contributed by atoms with Crippen LogP contribution in [0.15, 0.2) is 0 Å². The molecule has 0 spiro atoms. The second kappa shape index (κ2) is 5.46. The molecule has 0 amide bonds. The molecule has 168 valence electrons. The molecule has 1 rings (SSSR count). The summed E-state index contributed by atoms with van der Waals surface area (Å²) in [6.07, 6.45) is -15.0. The topological polar surface area (TPSA) is 43.4 Å². The molecule has 0 aromatic carbocycles. The molecule has 0 bridgehead atoms.